The maximum Gasteiger partial charge on any atom is 0.413 e. The first-order valence-electron chi connectivity index (χ1n) is 4.43. The molecule has 0 heterocycles. The van der Waals surface area contributed by atoms with Crippen LogP contribution in [-0.2, 0) is 9.53 Å². The van der Waals surface area contributed by atoms with Gasteiger partial charge in [0.1, 0.15) is 0 Å². The maximum absolute atomic E-state index is 11.0. The normalized spacial score (nSPS) is 11.9. The van der Waals surface area contributed by atoms with Crippen LogP contribution in [0.3, 0.4) is 0 Å². The average Bonchev–Trinajstić information content (AvgIpc) is 2.17. The van der Waals surface area contributed by atoms with Crippen molar-refractivity contribution in [2.75, 3.05) is 24.7 Å². The van der Waals surface area contributed by atoms with Gasteiger partial charge in [-0.3, -0.25) is 10.1 Å². The van der Waals surface area contributed by atoms with Crippen LogP contribution in [0, 0.1) is 0 Å². The molecule has 3 N–H and O–H groups in total. The summed E-state index contributed by atoms with van der Waals surface area (Å²) in [5.74, 6) is -0.202. The van der Waals surface area contributed by atoms with Gasteiger partial charge in [-0.05, 0) is 6.92 Å². The van der Waals surface area contributed by atoms with Gasteiger partial charge in [-0.2, -0.15) is 0 Å². The second-order valence-electron chi connectivity index (χ2n) is 2.62. The van der Waals surface area contributed by atoms with Gasteiger partial charge >= 0.3 is 6.09 Å². The van der Waals surface area contributed by atoms with Crippen LogP contribution in [0.15, 0.2) is 0 Å². The fraction of sp³-hybridized carbons (Fsp3) is 0.750. The number of imide groups is 1. The highest BCUT2D eigenvalue weighted by atomic mass is 32.2. The van der Waals surface area contributed by atoms with Crippen LogP contribution in [0.4, 0.5) is 4.79 Å². The third kappa shape index (κ3) is 8.22. The molecule has 0 spiro atoms. The van der Waals surface area contributed by atoms with Gasteiger partial charge in [0.2, 0.25) is 5.91 Å². The van der Waals surface area contributed by atoms with E-state index in [1.54, 1.807) is 6.92 Å². The van der Waals surface area contributed by atoms with Gasteiger partial charge in [0.05, 0.1) is 25.1 Å². The lowest BCUT2D eigenvalue weighted by Gasteiger charge is -2.06. The summed E-state index contributed by atoms with van der Waals surface area (Å²) >= 11 is 1.12. The van der Waals surface area contributed by atoms with Crippen molar-refractivity contribution in [2.45, 2.75) is 13.0 Å². The molecule has 0 aromatic rings. The SMILES string of the molecule is CCOC(=O)NC(=O)CSCC(O)CO. The predicted molar refractivity (Wildman–Crippen MR) is 55.6 cm³/mol. The zero-order chi connectivity index (χ0) is 11.7. The molecule has 88 valence electrons. The Morgan fingerprint density at radius 3 is 2.73 bits per heavy atom. The van der Waals surface area contributed by atoms with E-state index in [0.29, 0.717) is 0 Å². The van der Waals surface area contributed by atoms with Crippen molar-refractivity contribution >= 4 is 23.8 Å². The Kier molecular flexibility index (Phi) is 8.06. The van der Waals surface area contributed by atoms with E-state index in [1.165, 1.54) is 0 Å². The highest BCUT2D eigenvalue weighted by Gasteiger charge is 2.09. The molecule has 0 radical (unpaired) electrons. The van der Waals surface area contributed by atoms with Gasteiger partial charge in [-0.25, -0.2) is 4.79 Å². The van der Waals surface area contributed by atoms with Crippen LogP contribution in [0.5, 0.6) is 0 Å². The first kappa shape index (κ1) is 14.2. The Hall–Kier alpha value is -0.790. The van der Waals surface area contributed by atoms with Crippen LogP contribution >= 0.6 is 11.8 Å². The number of thioether (sulfide) groups is 1. The first-order chi connectivity index (χ1) is 7.10. The summed E-state index contributed by atoms with van der Waals surface area (Å²) < 4.78 is 4.49. The van der Waals surface area contributed by atoms with E-state index in [4.69, 9.17) is 10.2 Å². The number of rotatable bonds is 6. The highest BCUT2D eigenvalue weighted by molar-refractivity contribution is 7.99. The van der Waals surface area contributed by atoms with Crippen molar-refractivity contribution in [3.63, 3.8) is 0 Å². The van der Waals surface area contributed by atoms with Crippen LogP contribution in [0.2, 0.25) is 0 Å². The quantitative estimate of drug-likeness (QED) is 0.568. The summed E-state index contributed by atoms with van der Waals surface area (Å²) in [5.41, 5.74) is 0. The molecule has 1 atom stereocenters. The summed E-state index contributed by atoms with van der Waals surface area (Å²) in [5, 5.41) is 19.4. The van der Waals surface area contributed by atoms with Crippen molar-refractivity contribution in [1.29, 1.82) is 0 Å². The minimum atomic E-state index is -0.842. The van der Waals surface area contributed by atoms with Gasteiger partial charge in [-0.1, -0.05) is 0 Å². The largest absolute Gasteiger partial charge is 0.450 e. The minimum absolute atomic E-state index is 0.0376. The van der Waals surface area contributed by atoms with Gasteiger partial charge in [0, 0.05) is 5.75 Å². The van der Waals surface area contributed by atoms with Crippen LogP contribution < -0.4 is 5.32 Å². The van der Waals surface area contributed by atoms with Gasteiger partial charge in [0.15, 0.2) is 0 Å². The van der Waals surface area contributed by atoms with E-state index in [2.05, 4.69) is 4.74 Å². The Morgan fingerprint density at radius 2 is 2.20 bits per heavy atom. The summed E-state index contributed by atoms with van der Waals surface area (Å²) in [7, 11) is 0. The van der Waals surface area contributed by atoms with Crippen molar-refractivity contribution < 1.29 is 24.5 Å². The maximum atomic E-state index is 11.0. The lowest BCUT2D eigenvalue weighted by molar-refractivity contribution is -0.117. The third-order valence-corrected chi connectivity index (χ3v) is 2.36. The standard InChI is InChI=1S/C8H15NO5S/c1-2-14-8(13)9-7(12)5-15-4-6(11)3-10/h6,10-11H,2-5H2,1H3,(H,9,12,13). The number of nitrogens with one attached hydrogen (secondary N) is 1. The molecular formula is C8H15NO5S. The molecule has 0 aromatic heterocycles. The summed E-state index contributed by atoms with van der Waals surface area (Å²) in [6.45, 7) is 1.50. The number of carbonyl (C=O) groups excluding carboxylic acids is 2. The molecule has 0 aliphatic carbocycles. The van der Waals surface area contributed by atoms with Crippen molar-refractivity contribution in [1.82, 2.24) is 5.32 Å². The Morgan fingerprint density at radius 1 is 1.53 bits per heavy atom. The number of carbonyl (C=O) groups is 2. The second kappa shape index (κ2) is 8.51. The molecule has 0 aliphatic rings. The zero-order valence-electron chi connectivity index (χ0n) is 8.43. The van der Waals surface area contributed by atoms with Crippen LogP contribution in [0.25, 0.3) is 0 Å². The molecule has 6 nitrogen and oxygen atoms in total. The molecule has 0 bridgehead atoms. The zero-order valence-corrected chi connectivity index (χ0v) is 9.25. The van der Waals surface area contributed by atoms with Crippen LogP contribution in [0.1, 0.15) is 6.92 Å². The van der Waals surface area contributed by atoms with E-state index in [-0.39, 0.29) is 24.7 Å². The molecular weight excluding hydrogens is 222 g/mol. The molecule has 0 aromatic carbocycles. The second-order valence-corrected chi connectivity index (χ2v) is 3.65. The Bertz CT molecular complexity index is 211. The van der Waals surface area contributed by atoms with E-state index in [9.17, 15) is 9.59 Å². The summed E-state index contributed by atoms with van der Waals surface area (Å²) in [6, 6.07) is 0. The number of aliphatic hydroxyl groups excluding tert-OH is 2. The van der Waals surface area contributed by atoms with Crippen LogP contribution in [-0.4, -0.2) is 53.0 Å². The Balaban J connectivity index is 3.53. The first-order valence-corrected chi connectivity index (χ1v) is 5.58. The van der Waals surface area contributed by atoms with Crippen molar-refractivity contribution in [2.24, 2.45) is 0 Å². The summed E-state index contributed by atoms with van der Waals surface area (Å²) in [4.78, 5) is 21.8. The van der Waals surface area contributed by atoms with Crippen molar-refractivity contribution in [3.8, 4) is 0 Å². The van der Waals surface area contributed by atoms with Gasteiger partial charge in [0.25, 0.3) is 0 Å². The topological polar surface area (TPSA) is 95.9 Å². The Labute approximate surface area is 92.0 Å². The number of hydrogen-bond acceptors (Lipinski definition) is 6. The van der Waals surface area contributed by atoms with E-state index < -0.39 is 18.1 Å². The number of hydrogen-bond donors (Lipinski definition) is 3. The molecule has 0 aliphatic heterocycles. The number of ether oxygens (including phenoxy) is 1. The smallest absolute Gasteiger partial charge is 0.413 e. The molecule has 2 amide bonds. The van der Waals surface area contributed by atoms with E-state index >= 15 is 0 Å². The molecule has 0 fully saturated rings. The van der Waals surface area contributed by atoms with E-state index in [0.717, 1.165) is 11.8 Å². The fourth-order valence-electron chi connectivity index (χ4n) is 0.657. The van der Waals surface area contributed by atoms with Crippen molar-refractivity contribution in [3.05, 3.63) is 0 Å². The third-order valence-electron chi connectivity index (χ3n) is 1.27. The lowest BCUT2D eigenvalue weighted by Crippen LogP contribution is -2.32. The van der Waals surface area contributed by atoms with Gasteiger partial charge < -0.3 is 14.9 Å². The van der Waals surface area contributed by atoms with Gasteiger partial charge in [-0.15, -0.1) is 11.8 Å². The highest BCUT2D eigenvalue weighted by Crippen LogP contribution is 2.01. The molecule has 0 saturated carbocycles. The fourth-order valence-corrected chi connectivity index (χ4v) is 1.41. The molecule has 15 heavy (non-hydrogen) atoms. The summed E-state index contributed by atoms with van der Waals surface area (Å²) in [6.07, 6.45) is -1.61. The minimum Gasteiger partial charge on any atom is -0.450 e. The molecule has 0 saturated heterocycles. The predicted octanol–water partition coefficient (Wildman–Crippen LogP) is -0.655. The monoisotopic (exact) mass is 237 g/mol. The van der Waals surface area contributed by atoms with E-state index in [1.807, 2.05) is 5.32 Å². The number of amides is 2. The molecule has 0 rings (SSSR count). The number of alkyl carbamates (subject to hydrolysis) is 1. The number of aliphatic hydroxyl groups is 2. The average molecular weight is 237 g/mol. The molecule has 7 heteroatoms. The lowest BCUT2D eigenvalue weighted by atomic mass is 10.4. The molecule has 1 unspecified atom stereocenters.